The lowest BCUT2D eigenvalue weighted by Crippen LogP contribution is -2.51. The third kappa shape index (κ3) is 4.40. The SMILES string of the molecule is CC[C@@H](NC(=O)N[C@H]1CCC(=O)N(C)C1)c1cc(F)ccc1F. The summed E-state index contributed by atoms with van der Waals surface area (Å²) in [7, 11) is 1.69. The van der Waals surface area contributed by atoms with E-state index in [-0.39, 0.29) is 17.5 Å². The van der Waals surface area contributed by atoms with E-state index in [4.69, 9.17) is 0 Å². The van der Waals surface area contributed by atoms with Crippen LogP contribution >= 0.6 is 0 Å². The van der Waals surface area contributed by atoms with Gasteiger partial charge in [-0.3, -0.25) is 4.79 Å². The molecule has 7 heteroatoms. The van der Waals surface area contributed by atoms with E-state index in [1.54, 1.807) is 18.9 Å². The molecule has 0 saturated carbocycles. The average molecular weight is 325 g/mol. The molecule has 1 heterocycles. The number of carbonyl (C=O) groups excluding carboxylic acids is 2. The van der Waals surface area contributed by atoms with Crippen molar-refractivity contribution in [2.24, 2.45) is 0 Å². The van der Waals surface area contributed by atoms with Crippen LogP contribution in [0.2, 0.25) is 0 Å². The number of likely N-dealkylation sites (N-methyl/N-ethyl adjacent to an activating group) is 1. The van der Waals surface area contributed by atoms with Crippen LogP contribution in [0.4, 0.5) is 13.6 Å². The van der Waals surface area contributed by atoms with E-state index in [9.17, 15) is 18.4 Å². The van der Waals surface area contributed by atoms with E-state index in [0.29, 0.717) is 25.8 Å². The van der Waals surface area contributed by atoms with Crippen molar-refractivity contribution in [3.63, 3.8) is 0 Å². The van der Waals surface area contributed by atoms with Gasteiger partial charge in [-0.05, 0) is 31.0 Å². The van der Waals surface area contributed by atoms with Crippen molar-refractivity contribution in [2.45, 2.75) is 38.3 Å². The largest absolute Gasteiger partial charge is 0.344 e. The van der Waals surface area contributed by atoms with E-state index in [0.717, 1.165) is 18.2 Å². The molecule has 0 unspecified atom stereocenters. The number of hydrogen-bond acceptors (Lipinski definition) is 2. The van der Waals surface area contributed by atoms with Crippen LogP contribution in [0.1, 0.15) is 37.8 Å². The number of nitrogens with zero attached hydrogens (tertiary/aromatic N) is 1. The fraction of sp³-hybridized carbons (Fsp3) is 0.500. The van der Waals surface area contributed by atoms with Crippen LogP contribution in [-0.4, -0.2) is 36.5 Å². The van der Waals surface area contributed by atoms with Crippen LogP contribution in [0.25, 0.3) is 0 Å². The van der Waals surface area contributed by atoms with Gasteiger partial charge in [0.1, 0.15) is 11.6 Å². The molecule has 1 aliphatic heterocycles. The number of rotatable bonds is 4. The normalized spacial score (nSPS) is 19.4. The molecule has 1 aromatic carbocycles. The predicted molar refractivity (Wildman–Crippen MR) is 81.7 cm³/mol. The Balaban J connectivity index is 1.97. The number of likely N-dealkylation sites (tertiary alicyclic amines) is 1. The van der Waals surface area contributed by atoms with Gasteiger partial charge in [-0.2, -0.15) is 0 Å². The van der Waals surface area contributed by atoms with Gasteiger partial charge in [-0.15, -0.1) is 0 Å². The first-order valence-corrected chi connectivity index (χ1v) is 7.66. The maximum absolute atomic E-state index is 13.8. The van der Waals surface area contributed by atoms with Gasteiger partial charge >= 0.3 is 6.03 Å². The zero-order valence-electron chi connectivity index (χ0n) is 13.2. The number of benzene rings is 1. The lowest BCUT2D eigenvalue weighted by molar-refractivity contribution is -0.132. The third-order valence-corrected chi connectivity index (χ3v) is 4.01. The molecule has 1 saturated heterocycles. The van der Waals surface area contributed by atoms with Gasteiger partial charge in [0.15, 0.2) is 0 Å². The fourth-order valence-corrected chi connectivity index (χ4v) is 2.70. The standard InChI is InChI=1S/C16H21F2N3O2/c1-3-14(12-8-10(17)4-6-13(12)18)20-16(23)19-11-5-7-15(22)21(2)9-11/h4,6,8,11,14H,3,5,7,9H2,1-2H3,(H2,19,20,23)/t11-,14+/m0/s1. The molecule has 0 radical (unpaired) electrons. The summed E-state index contributed by atoms with van der Waals surface area (Å²) in [4.78, 5) is 25.1. The van der Waals surface area contributed by atoms with Crippen molar-refractivity contribution in [2.75, 3.05) is 13.6 Å². The fourth-order valence-electron chi connectivity index (χ4n) is 2.70. The Morgan fingerprint density at radius 3 is 2.83 bits per heavy atom. The molecule has 2 N–H and O–H groups in total. The van der Waals surface area contributed by atoms with Crippen molar-refractivity contribution in [3.05, 3.63) is 35.4 Å². The quantitative estimate of drug-likeness (QED) is 0.892. The van der Waals surface area contributed by atoms with Gasteiger partial charge in [-0.1, -0.05) is 6.92 Å². The Hall–Kier alpha value is -2.18. The second-order valence-electron chi connectivity index (χ2n) is 5.75. The molecule has 2 rings (SSSR count). The number of amides is 3. The molecule has 1 aromatic rings. The first-order valence-electron chi connectivity index (χ1n) is 7.66. The molecule has 1 aliphatic rings. The summed E-state index contributed by atoms with van der Waals surface area (Å²) in [5.74, 6) is -1.05. The maximum Gasteiger partial charge on any atom is 0.315 e. The molecule has 1 fully saturated rings. The second kappa shape index (κ2) is 7.39. The zero-order valence-corrected chi connectivity index (χ0v) is 13.2. The molecule has 0 bridgehead atoms. The first kappa shape index (κ1) is 17.2. The summed E-state index contributed by atoms with van der Waals surface area (Å²) in [6.07, 6.45) is 1.38. The molecule has 2 atom stereocenters. The molecule has 3 amide bonds. The number of nitrogens with one attached hydrogen (secondary N) is 2. The lowest BCUT2D eigenvalue weighted by atomic mass is 10.0. The van der Waals surface area contributed by atoms with Gasteiger partial charge in [0, 0.05) is 31.6 Å². The summed E-state index contributed by atoms with van der Waals surface area (Å²) in [6.45, 7) is 2.22. The number of urea groups is 1. The van der Waals surface area contributed by atoms with Gasteiger partial charge < -0.3 is 15.5 Å². The summed E-state index contributed by atoms with van der Waals surface area (Å²) < 4.78 is 27.1. The lowest BCUT2D eigenvalue weighted by Gasteiger charge is -2.30. The summed E-state index contributed by atoms with van der Waals surface area (Å²) >= 11 is 0. The number of piperidine rings is 1. The number of carbonyl (C=O) groups is 2. The van der Waals surface area contributed by atoms with Gasteiger partial charge in [-0.25, -0.2) is 13.6 Å². The minimum absolute atomic E-state index is 0.0525. The molecule has 0 aliphatic carbocycles. The summed E-state index contributed by atoms with van der Waals surface area (Å²) in [5.41, 5.74) is 0.124. The predicted octanol–water partition coefficient (Wildman–Crippen LogP) is 2.34. The van der Waals surface area contributed by atoms with Crippen LogP contribution < -0.4 is 10.6 Å². The Morgan fingerprint density at radius 2 is 2.17 bits per heavy atom. The molecule has 0 spiro atoms. The number of halogens is 2. The minimum Gasteiger partial charge on any atom is -0.344 e. The Kier molecular flexibility index (Phi) is 5.52. The van der Waals surface area contributed by atoms with Crippen LogP contribution in [0.15, 0.2) is 18.2 Å². The van der Waals surface area contributed by atoms with Crippen molar-refractivity contribution in [3.8, 4) is 0 Å². The first-order chi connectivity index (χ1) is 10.9. The topological polar surface area (TPSA) is 61.4 Å². The van der Waals surface area contributed by atoms with Crippen LogP contribution in [0, 0.1) is 11.6 Å². The molecule has 5 nitrogen and oxygen atoms in total. The molecular weight excluding hydrogens is 304 g/mol. The van der Waals surface area contributed by atoms with E-state index >= 15 is 0 Å². The van der Waals surface area contributed by atoms with Crippen molar-refractivity contribution < 1.29 is 18.4 Å². The molecule has 126 valence electrons. The Labute approximate surface area is 134 Å². The van der Waals surface area contributed by atoms with Crippen LogP contribution in [0.3, 0.4) is 0 Å². The van der Waals surface area contributed by atoms with E-state index < -0.39 is 23.7 Å². The monoisotopic (exact) mass is 325 g/mol. The van der Waals surface area contributed by atoms with E-state index in [2.05, 4.69) is 10.6 Å². The highest BCUT2D eigenvalue weighted by molar-refractivity contribution is 5.78. The second-order valence-corrected chi connectivity index (χ2v) is 5.75. The zero-order chi connectivity index (χ0) is 17.0. The van der Waals surface area contributed by atoms with E-state index in [1.807, 2.05) is 0 Å². The number of hydrogen-bond donors (Lipinski definition) is 2. The van der Waals surface area contributed by atoms with Crippen LogP contribution in [-0.2, 0) is 4.79 Å². The van der Waals surface area contributed by atoms with Gasteiger partial charge in [0.25, 0.3) is 0 Å². The van der Waals surface area contributed by atoms with Gasteiger partial charge in [0.05, 0.1) is 6.04 Å². The minimum atomic E-state index is -0.617. The molecular formula is C16H21F2N3O2. The van der Waals surface area contributed by atoms with Gasteiger partial charge in [0.2, 0.25) is 5.91 Å². The Morgan fingerprint density at radius 1 is 1.43 bits per heavy atom. The van der Waals surface area contributed by atoms with Crippen LogP contribution in [0.5, 0.6) is 0 Å². The van der Waals surface area contributed by atoms with Crippen molar-refractivity contribution in [1.82, 2.24) is 15.5 Å². The third-order valence-electron chi connectivity index (χ3n) is 4.01. The van der Waals surface area contributed by atoms with E-state index in [1.165, 1.54) is 0 Å². The molecule has 0 aromatic heterocycles. The average Bonchev–Trinajstić information content (AvgIpc) is 2.51. The summed E-state index contributed by atoms with van der Waals surface area (Å²) in [6, 6.07) is 1.97. The maximum atomic E-state index is 13.8. The molecule has 23 heavy (non-hydrogen) atoms. The highest BCUT2D eigenvalue weighted by Gasteiger charge is 2.25. The Bertz CT molecular complexity index is 595. The highest BCUT2D eigenvalue weighted by atomic mass is 19.1. The smallest absolute Gasteiger partial charge is 0.315 e. The van der Waals surface area contributed by atoms with Crippen molar-refractivity contribution in [1.29, 1.82) is 0 Å². The highest BCUT2D eigenvalue weighted by Crippen LogP contribution is 2.21. The van der Waals surface area contributed by atoms with Crippen molar-refractivity contribution >= 4 is 11.9 Å². The summed E-state index contributed by atoms with van der Waals surface area (Å²) in [5, 5.41) is 5.44.